The molecule has 0 aliphatic rings. The van der Waals surface area contributed by atoms with E-state index >= 15 is 0 Å². The largest absolute Gasteiger partial charge is 0.355 e. The molecule has 0 aliphatic carbocycles. The van der Waals surface area contributed by atoms with E-state index in [0.29, 0.717) is 11.0 Å². The second-order valence-electron chi connectivity index (χ2n) is 4.03. The molecule has 4 nitrogen and oxygen atoms in total. The van der Waals surface area contributed by atoms with Gasteiger partial charge in [0, 0.05) is 11.8 Å². The average molecular weight is 225 g/mol. The second kappa shape index (κ2) is 3.59. The van der Waals surface area contributed by atoms with E-state index < -0.39 is 0 Å². The lowest BCUT2D eigenvalue weighted by atomic mass is 10.1. The zero-order valence-electron chi connectivity index (χ0n) is 9.32. The quantitative estimate of drug-likeness (QED) is 0.667. The molecular weight excluding hydrogens is 214 g/mol. The van der Waals surface area contributed by atoms with Crippen LogP contribution in [0.3, 0.4) is 0 Å². The molecule has 2 aromatic heterocycles. The van der Waals surface area contributed by atoms with Crippen LogP contribution >= 0.6 is 0 Å². The Bertz CT molecular complexity index is 740. The summed E-state index contributed by atoms with van der Waals surface area (Å²) >= 11 is 0. The van der Waals surface area contributed by atoms with Crippen molar-refractivity contribution >= 4 is 11.0 Å². The molecule has 0 atom stereocenters. The number of fused-ring (bicyclic) bond motifs is 1. The highest BCUT2D eigenvalue weighted by Crippen LogP contribution is 2.25. The number of hydrogen-bond donors (Lipinski definition) is 2. The molecule has 0 spiro atoms. The SMILES string of the molecule is Cc1cccc(-c2c[nH]c3c(=O)[nH]cnc23)c1. The summed E-state index contributed by atoms with van der Waals surface area (Å²) in [4.78, 5) is 21.3. The molecule has 2 heterocycles. The molecule has 3 rings (SSSR count). The molecule has 0 amide bonds. The fourth-order valence-corrected chi connectivity index (χ4v) is 1.98. The smallest absolute Gasteiger partial charge is 0.275 e. The number of aryl methyl sites for hydroxylation is 1. The molecule has 0 radical (unpaired) electrons. The highest BCUT2D eigenvalue weighted by atomic mass is 16.1. The van der Waals surface area contributed by atoms with Crippen molar-refractivity contribution in [1.29, 1.82) is 0 Å². The van der Waals surface area contributed by atoms with Crippen LogP contribution in [0.15, 0.2) is 41.6 Å². The highest BCUT2D eigenvalue weighted by molar-refractivity contribution is 5.91. The van der Waals surface area contributed by atoms with Crippen LogP contribution in [0.2, 0.25) is 0 Å². The summed E-state index contributed by atoms with van der Waals surface area (Å²) in [5, 5.41) is 0. The minimum atomic E-state index is -0.145. The number of benzene rings is 1. The number of H-pyrrole nitrogens is 2. The Morgan fingerprint density at radius 2 is 2.12 bits per heavy atom. The van der Waals surface area contributed by atoms with E-state index in [4.69, 9.17) is 0 Å². The summed E-state index contributed by atoms with van der Waals surface area (Å²) < 4.78 is 0. The third kappa shape index (κ3) is 1.54. The maximum atomic E-state index is 11.6. The van der Waals surface area contributed by atoms with Gasteiger partial charge in [-0.2, -0.15) is 0 Å². The number of hydrogen-bond acceptors (Lipinski definition) is 2. The average Bonchev–Trinajstić information content (AvgIpc) is 2.74. The lowest BCUT2D eigenvalue weighted by Gasteiger charge is -1.99. The summed E-state index contributed by atoms with van der Waals surface area (Å²) in [6.45, 7) is 2.04. The van der Waals surface area contributed by atoms with Crippen molar-refractivity contribution in [1.82, 2.24) is 15.0 Å². The molecule has 2 N–H and O–H groups in total. The van der Waals surface area contributed by atoms with Crippen LogP contribution in [-0.2, 0) is 0 Å². The first kappa shape index (κ1) is 9.84. The van der Waals surface area contributed by atoms with Crippen molar-refractivity contribution in [3.8, 4) is 11.1 Å². The second-order valence-corrected chi connectivity index (χ2v) is 4.03. The first-order valence-electron chi connectivity index (χ1n) is 5.37. The summed E-state index contributed by atoms with van der Waals surface area (Å²) in [6.07, 6.45) is 3.25. The van der Waals surface area contributed by atoms with Gasteiger partial charge in [-0.3, -0.25) is 4.79 Å². The van der Waals surface area contributed by atoms with Crippen LogP contribution in [-0.4, -0.2) is 15.0 Å². The van der Waals surface area contributed by atoms with Gasteiger partial charge < -0.3 is 9.97 Å². The zero-order chi connectivity index (χ0) is 11.8. The molecule has 4 heteroatoms. The van der Waals surface area contributed by atoms with Gasteiger partial charge in [0.2, 0.25) is 0 Å². The summed E-state index contributed by atoms with van der Waals surface area (Å²) in [5.41, 5.74) is 4.28. The Hall–Kier alpha value is -2.36. The highest BCUT2D eigenvalue weighted by Gasteiger charge is 2.09. The van der Waals surface area contributed by atoms with E-state index in [-0.39, 0.29) is 5.56 Å². The third-order valence-corrected chi connectivity index (χ3v) is 2.80. The van der Waals surface area contributed by atoms with E-state index in [9.17, 15) is 4.79 Å². The van der Waals surface area contributed by atoms with Gasteiger partial charge in [0.15, 0.2) is 0 Å². The van der Waals surface area contributed by atoms with Crippen LogP contribution in [0.1, 0.15) is 5.56 Å². The van der Waals surface area contributed by atoms with Gasteiger partial charge >= 0.3 is 0 Å². The Balaban J connectivity index is 2.32. The topological polar surface area (TPSA) is 61.5 Å². The molecular formula is C13H11N3O. The Labute approximate surface area is 97.3 Å². The normalized spacial score (nSPS) is 10.9. The molecule has 1 aromatic carbocycles. The molecule has 0 saturated carbocycles. The lowest BCUT2D eigenvalue weighted by Crippen LogP contribution is -2.05. The van der Waals surface area contributed by atoms with Gasteiger partial charge in [0.1, 0.15) is 11.0 Å². The van der Waals surface area contributed by atoms with Crippen molar-refractivity contribution in [2.45, 2.75) is 6.92 Å². The van der Waals surface area contributed by atoms with Gasteiger partial charge in [-0.15, -0.1) is 0 Å². The number of rotatable bonds is 1. The Morgan fingerprint density at radius 1 is 1.24 bits per heavy atom. The van der Waals surface area contributed by atoms with Crippen LogP contribution in [0.4, 0.5) is 0 Å². The minimum Gasteiger partial charge on any atom is -0.355 e. The van der Waals surface area contributed by atoms with Crippen molar-refractivity contribution in [2.24, 2.45) is 0 Å². The summed E-state index contributed by atoms with van der Waals surface area (Å²) in [5.74, 6) is 0. The first-order chi connectivity index (χ1) is 8.25. The fourth-order valence-electron chi connectivity index (χ4n) is 1.98. The van der Waals surface area contributed by atoms with Crippen molar-refractivity contribution in [3.05, 3.63) is 52.7 Å². The van der Waals surface area contributed by atoms with Gasteiger partial charge in [-0.05, 0) is 12.5 Å². The minimum absolute atomic E-state index is 0.145. The molecule has 0 bridgehead atoms. The predicted octanol–water partition coefficient (Wildman–Crippen LogP) is 2.23. The summed E-state index contributed by atoms with van der Waals surface area (Å²) in [6, 6.07) is 8.12. The van der Waals surface area contributed by atoms with Gasteiger partial charge in [0.05, 0.1) is 6.33 Å². The lowest BCUT2D eigenvalue weighted by molar-refractivity contribution is 1.16. The Kier molecular flexibility index (Phi) is 2.08. The molecule has 3 aromatic rings. The van der Waals surface area contributed by atoms with Crippen LogP contribution < -0.4 is 5.56 Å². The Morgan fingerprint density at radius 3 is 2.94 bits per heavy atom. The molecule has 84 valence electrons. The standard InChI is InChI=1S/C13H11N3O/c1-8-3-2-4-9(5-8)10-6-14-12-11(10)15-7-16-13(12)17/h2-7,14H,1H3,(H,15,16,17). The number of aromatic amines is 2. The molecule has 0 fully saturated rings. The van der Waals surface area contributed by atoms with Crippen molar-refractivity contribution in [3.63, 3.8) is 0 Å². The van der Waals surface area contributed by atoms with Crippen LogP contribution in [0.25, 0.3) is 22.2 Å². The maximum absolute atomic E-state index is 11.6. The molecule has 0 unspecified atom stereocenters. The number of nitrogens with zero attached hydrogens (tertiary/aromatic N) is 1. The monoisotopic (exact) mass is 225 g/mol. The zero-order valence-corrected chi connectivity index (χ0v) is 9.32. The van der Waals surface area contributed by atoms with Crippen molar-refractivity contribution in [2.75, 3.05) is 0 Å². The number of aromatic nitrogens is 3. The predicted molar refractivity (Wildman–Crippen MR) is 66.9 cm³/mol. The van der Waals surface area contributed by atoms with Gasteiger partial charge in [-0.1, -0.05) is 29.8 Å². The van der Waals surface area contributed by atoms with Crippen LogP contribution in [0, 0.1) is 6.92 Å². The third-order valence-electron chi connectivity index (χ3n) is 2.80. The first-order valence-corrected chi connectivity index (χ1v) is 5.37. The molecule has 17 heavy (non-hydrogen) atoms. The number of nitrogens with one attached hydrogen (secondary N) is 2. The van der Waals surface area contributed by atoms with E-state index in [0.717, 1.165) is 11.1 Å². The van der Waals surface area contributed by atoms with Crippen molar-refractivity contribution < 1.29 is 0 Å². The molecule has 0 saturated heterocycles. The van der Waals surface area contributed by atoms with Gasteiger partial charge in [-0.25, -0.2) is 4.98 Å². The maximum Gasteiger partial charge on any atom is 0.275 e. The van der Waals surface area contributed by atoms with E-state index in [1.54, 1.807) is 0 Å². The fraction of sp³-hybridized carbons (Fsp3) is 0.0769. The van der Waals surface area contributed by atoms with Crippen LogP contribution in [0.5, 0.6) is 0 Å². The molecule has 0 aliphatic heterocycles. The van der Waals surface area contributed by atoms with E-state index in [1.165, 1.54) is 11.9 Å². The van der Waals surface area contributed by atoms with E-state index in [2.05, 4.69) is 21.0 Å². The van der Waals surface area contributed by atoms with E-state index in [1.807, 2.05) is 31.3 Å². The van der Waals surface area contributed by atoms with Gasteiger partial charge in [0.25, 0.3) is 5.56 Å². The summed E-state index contributed by atoms with van der Waals surface area (Å²) in [7, 11) is 0.